The molecule has 20 heavy (non-hydrogen) atoms. The summed E-state index contributed by atoms with van der Waals surface area (Å²) >= 11 is 0. The zero-order valence-corrected chi connectivity index (χ0v) is 11.2. The van der Waals surface area contributed by atoms with E-state index in [9.17, 15) is 21.6 Å². The second-order valence-corrected chi connectivity index (χ2v) is 5.52. The molecular weight excluding hydrogens is 299 g/mol. The van der Waals surface area contributed by atoms with Crippen LogP contribution in [0.5, 0.6) is 0 Å². The number of hydrogen-bond acceptors (Lipinski definition) is 4. The Balaban J connectivity index is 2.64. The third-order valence-electron chi connectivity index (χ3n) is 2.25. The predicted octanol–water partition coefficient (Wildman–Crippen LogP) is 0.878. The van der Waals surface area contributed by atoms with Gasteiger partial charge in [-0.1, -0.05) is 6.07 Å². The van der Waals surface area contributed by atoms with Crippen LogP contribution in [0.25, 0.3) is 0 Å². The third-order valence-corrected chi connectivity index (χ3v) is 3.73. The van der Waals surface area contributed by atoms with Crippen molar-refractivity contribution in [3.63, 3.8) is 0 Å². The molecule has 0 bridgehead atoms. The summed E-state index contributed by atoms with van der Waals surface area (Å²) < 4.78 is 67.0. The van der Waals surface area contributed by atoms with Crippen LogP contribution in [0.2, 0.25) is 0 Å². The SMILES string of the molecule is O=S(=O)(NCCOCC(F)F)c1cc(CO)ccc1F. The Hall–Kier alpha value is -1.16. The standard InChI is InChI=1S/C11H14F3NO4S/c12-9-2-1-8(6-16)5-10(9)20(17,18)15-3-4-19-7-11(13)14/h1-2,5,11,15-16H,3-4,6-7H2. The number of alkyl halides is 2. The maximum Gasteiger partial charge on any atom is 0.261 e. The fourth-order valence-electron chi connectivity index (χ4n) is 1.35. The number of aliphatic hydroxyl groups is 1. The van der Waals surface area contributed by atoms with Gasteiger partial charge >= 0.3 is 0 Å². The summed E-state index contributed by atoms with van der Waals surface area (Å²) in [6.45, 7) is -1.75. The summed E-state index contributed by atoms with van der Waals surface area (Å²) in [5.74, 6) is -0.969. The van der Waals surface area contributed by atoms with Gasteiger partial charge < -0.3 is 9.84 Å². The molecule has 0 fully saturated rings. The molecule has 0 unspecified atom stereocenters. The van der Waals surface area contributed by atoms with E-state index in [1.807, 2.05) is 4.72 Å². The van der Waals surface area contributed by atoms with E-state index >= 15 is 0 Å². The van der Waals surface area contributed by atoms with E-state index in [1.54, 1.807) is 0 Å². The highest BCUT2D eigenvalue weighted by atomic mass is 32.2. The van der Waals surface area contributed by atoms with Gasteiger partial charge in [0.25, 0.3) is 6.43 Å². The van der Waals surface area contributed by atoms with Crippen molar-refractivity contribution in [1.82, 2.24) is 4.72 Å². The van der Waals surface area contributed by atoms with E-state index in [2.05, 4.69) is 4.74 Å². The first-order chi connectivity index (χ1) is 9.36. The smallest absolute Gasteiger partial charge is 0.261 e. The number of benzene rings is 1. The Kier molecular flexibility index (Phi) is 6.40. The largest absolute Gasteiger partial charge is 0.392 e. The molecule has 1 aromatic carbocycles. The van der Waals surface area contributed by atoms with Gasteiger partial charge in [-0.3, -0.25) is 0 Å². The Morgan fingerprint density at radius 3 is 2.65 bits per heavy atom. The van der Waals surface area contributed by atoms with E-state index in [0.29, 0.717) is 0 Å². The Labute approximate surface area is 114 Å². The average molecular weight is 313 g/mol. The lowest BCUT2D eigenvalue weighted by Gasteiger charge is -2.09. The van der Waals surface area contributed by atoms with E-state index in [-0.39, 0.29) is 18.7 Å². The Bertz CT molecular complexity index is 536. The molecule has 0 aliphatic rings. The lowest BCUT2D eigenvalue weighted by Crippen LogP contribution is -2.28. The monoisotopic (exact) mass is 313 g/mol. The molecule has 0 radical (unpaired) electrons. The van der Waals surface area contributed by atoms with Crippen molar-refractivity contribution in [2.75, 3.05) is 19.8 Å². The molecule has 0 amide bonds. The number of rotatable bonds is 8. The number of sulfonamides is 1. The van der Waals surface area contributed by atoms with Crippen LogP contribution >= 0.6 is 0 Å². The highest BCUT2D eigenvalue weighted by molar-refractivity contribution is 7.89. The minimum Gasteiger partial charge on any atom is -0.392 e. The van der Waals surface area contributed by atoms with Gasteiger partial charge in [0.1, 0.15) is 17.3 Å². The second-order valence-electron chi connectivity index (χ2n) is 3.79. The maximum absolute atomic E-state index is 13.5. The van der Waals surface area contributed by atoms with E-state index in [1.165, 1.54) is 6.07 Å². The topological polar surface area (TPSA) is 75.6 Å². The van der Waals surface area contributed by atoms with Crippen molar-refractivity contribution in [3.05, 3.63) is 29.6 Å². The van der Waals surface area contributed by atoms with Crippen LogP contribution in [0.3, 0.4) is 0 Å². The summed E-state index contributed by atoms with van der Waals surface area (Å²) in [6.07, 6.45) is -2.63. The second kappa shape index (κ2) is 7.58. The van der Waals surface area contributed by atoms with Crippen LogP contribution in [0.4, 0.5) is 13.2 Å². The third kappa shape index (κ3) is 5.08. The van der Waals surface area contributed by atoms with Crippen molar-refractivity contribution in [1.29, 1.82) is 0 Å². The van der Waals surface area contributed by atoms with Gasteiger partial charge in [-0.15, -0.1) is 0 Å². The molecule has 0 spiro atoms. The number of hydrogen-bond donors (Lipinski definition) is 2. The predicted molar refractivity (Wildman–Crippen MR) is 64.3 cm³/mol. The Morgan fingerprint density at radius 2 is 2.05 bits per heavy atom. The lowest BCUT2D eigenvalue weighted by molar-refractivity contribution is 0.0199. The molecule has 1 rings (SSSR count). The number of halogens is 3. The van der Waals surface area contributed by atoms with Crippen molar-refractivity contribution in [3.8, 4) is 0 Å². The van der Waals surface area contributed by atoms with Gasteiger partial charge in [-0.2, -0.15) is 0 Å². The van der Waals surface area contributed by atoms with Crippen molar-refractivity contribution < 1.29 is 31.4 Å². The summed E-state index contributed by atoms with van der Waals surface area (Å²) in [5.41, 5.74) is 0.237. The molecule has 1 aromatic rings. The molecule has 0 aromatic heterocycles. The first kappa shape index (κ1) is 16.9. The van der Waals surface area contributed by atoms with E-state index in [0.717, 1.165) is 12.1 Å². The van der Waals surface area contributed by atoms with Gasteiger partial charge in [0.2, 0.25) is 10.0 Å². The molecule has 0 saturated carbocycles. The molecule has 0 heterocycles. The van der Waals surface area contributed by atoms with Crippen molar-refractivity contribution in [2.24, 2.45) is 0 Å². The van der Waals surface area contributed by atoms with Crippen molar-refractivity contribution >= 4 is 10.0 Å². The van der Waals surface area contributed by atoms with E-state index in [4.69, 9.17) is 5.11 Å². The van der Waals surface area contributed by atoms with Crippen LogP contribution in [0.15, 0.2) is 23.1 Å². The highest BCUT2D eigenvalue weighted by Crippen LogP contribution is 2.16. The van der Waals surface area contributed by atoms with Gasteiger partial charge in [0.05, 0.1) is 13.2 Å². The minimum atomic E-state index is -4.13. The summed E-state index contributed by atoms with van der Waals surface area (Å²) in [5, 5.41) is 8.89. The Morgan fingerprint density at radius 1 is 1.35 bits per heavy atom. The molecule has 0 saturated heterocycles. The fraction of sp³-hybridized carbons (Fsp3) is 0.455. The quantitative estimate of drug-likeness (QED) is 0.699. The zero-order valence-electron chi connectivity index (χ0n) is 10.4. The molecule has 5 nitrogen and oxygen atoms in total. The summed E-state index contributed by atoms with van der Waals surface area (Å²) in [7, 11) is -4.13. The van der Waals surface area contributed by atoms with Gasteiger partial charge in [0.15, 0.2) is 0 Å². The molecule has 114 valence electrons. The van der Waals surface area contributed by atoms with Gasteiger partial charge in [0, 0.05) is 6.54 Å². The van der Waals surface area contributed by atoms with E-state index < -0.39 is 40.4 Å². The first-order valence-corrected chi connectivity index (χ1v) is 7.10. The summed E-state index contributed by atoms with van der Waals surface area (Å²) in [6, 6.07) is 3.17. The first-order valence-electron chi connectivity index (χ1n) is 5.61. The fourth-order valence-corrected chi connectivity index (χ4v) is 2.49. The molecule has 9 heteroatoms. The average Bonchev–Trinajstić information content (AvgIpc) is 2.38. The number of ether oxygens (including phenoxy) is 1. The summed E-state index contributed by atoms with van der Waals surface area (Å²) in [4.78, 5) is -0.613. The highest BCUT2D eigenvalue weighted by Gasteiger charge is 2.19. The molecular formula is C11H14F3NO4S. The van der Waals surface area contributed by atoms with Gasteiger partial charge in [-0.05, 0) is 17.7 Å². The number of aliphatic hydroxyl groups excluding tert-OH is 1. The minimum absolute atomic E-state index is 0.237. The van der Waals surface area contributed by atoms with Crippen LogP contribution < -0.4 is 4.72 Å². The van der Waals surface area contributed by atoms with Crippen LogP contribution in [-0.2, 0) is 21.4 Å². The zero-order chi connectivity index (χ0) is 15.2. The van der Waals surface area contributed by atoms with Crippen LogP contribution in [0.1, 0.15) is 5.56 Å². The van der Waals surface area contributed by atoms with Crippen LogP contribution in [0, 0.1) is 5.82 Å². The normalized spacial score (nSPS) is 12.1. The van der Waals surface area contributed by atoms with Crippen LogP contribution in [-0.4, -0.2) is 39.7 Å². The molecule has 0 aliphatic carbocycles. The molecule has 2 N–H and O–H groups in total. The lowest BCUT2D eigenvalue weighted by atomic mass is 10.2. The maximum atomic E-state index is 13.5. The molecule has 0 aliphatic heterocycles. The van der Waals surface area contributed by atoms with Gasteiger partial charge in [-0.25, -0.2) is 26.3 Å². The van der Waals surface area contributed by atoms with Crippen molar-refractivity contribution in [2.45, 2.75) is 17.9 Å². The molecule has 0 atom stereocenters. The number of nitrogens with one attached hydrogen (secondary N) is 1.